The van der Waals surface area contributed by atoms with Gasteiger partial charge in [-0.2, -0.15) is 10.1 Å². The van der Waals surface area contributed by atoms with E-state index in [2.05, 4.69) is 50.6 Å². The van der Waals surface area contributed by atoms with E-state index < -0.39 is 0 Å². The standard InChI is InChI=1S/C40H45N13O5/c1-2-27-22-43-39(44-23-27)51-13-15-52(16-14-51)40-45-24-29(25-46-40)32(55)8-6-17-56-19-20-57-18-11-30(54)7-4-3-5-12-53-37-34(36(41)47-26-48-37)35(50-53)28-9-10-33-31(21-28)49-38(42)58-33/h1,9-10,21-26H,3-8,11-20H2,(H2,42,49)(H2,41,47,48). The van der Waals surface area contributed by atoms with Crippen LogP contribution < -0.4 is 21.3 Å². The number of carbonyl (C=O) groups excluding carboxylic acids is 2. The summed E-state index contributed by atoms with van der Waals surface area (Å²) in [6.45, 7) is 5.00. The zero-order valence-corrected chi connectivity index (χ0v) is 32.1. The average Bonchev–Trinajstić information content (AvgIpc) is 3.82. The molecule has 1 aliphatic heterocycles. The molecule has 5 aromatic heterocycles. The minimum absolute atomic E-state index is 0.0321. The summed E-state index contributed by atoms with van der Waals surface area (Å²) in [5.41, 5.74) is 16.4. The van der Waals surface area contributed by atoms with Crippen LogP contribution in [0.4, 0.5) is 23.7 Å². The van der Waals surface area contributed by atoms with Gasteiger partial charge in [0, 0.05) is 88.9 Å². The van der Waals surface area contributed by atoms with E-state index in [0.29, 0.717) is 128 Å². The van der Waals surface area contributed by atoms with E-state index in [9.17, 15) is 9.59 Å². The summed E-state index contributed by atoms with van der Waals surface area (Å²) < 4.78 is 18.5. The third kappa shape index (κ3) is 9.86. The van der Waals surface area contributed by atoms with E-state index in [1.807, 2.05) is 16.8 Å². The van der Waals surface area contributed by atoms with Crippen LogP contribution in [-0.2, 0) is 20.8 Å². The number of rotatable bonds is 20. The molecule has 0 radical (unpaired) electrons. The lowest BCUT2D eigenvalue weighted by Gasteiger charge is -2.34. The van der Waals surface area contributed by atoms with Crippen LogP contribution in [0.2, 0.25) is 0 Å². The number of nitrogens with two attached hydrogens (primary N) is 2. The Hall–Kier alpha value is -6.58. The number of fused-ring (bicyclic) bond motifs is 2. The van der Waals surface area contributed by atoms with Gasteiger partial charge in [0.1, 0.15) is 29.1 Å². The molecule has 7 rings (SSSR count). The van der Waals surface area contributed by atoms with E-state index in [4.69, 9.17) is 36.9 Å². The van der Waals surface area contributed by atoms with Crippen molar-refractivity contribution in [3.05, 3.63) is 60.4 Å². The van der Waals surface area contributed by atoms with Crippen LogP contribution in [0, 0.1) is 12.3 Å². The molecule has 1 saturated heterocycles. The maximum absolute atomic E-state index is 12.7. The quantitative estimate of drug-likeness (QED) is 0.0634. The molecule has 0 unspecified atom stereocenters. The first-order valence-corrected chi connectivity index (χ1v) is 19.3. The Morgan fingerprint density at radius 3 is 2.22 bits per heavy atom. The number of anilines is 4. The molecule has 0 aliphatic carbocycles. The predicted octanol–water partition coefficient (Wildman–Crippen LogP) is 3.90. The molecule has 18 nitrogen and oxygen atoms in total. The zero-order chi connectivity index (χ0) is 40.3. The van der Waals surface area contributed by atoms with Crippen LogP contribution in [0.25, 0.3) is 33.4 Å². The van der Waals surface area contributed by atoms with Crippen molar-refractivity contribution in [3.8, 4) is 23.6 Å². The number of ether oxygens (including phenoxy) is 2. The number of hydrogen-bond donors (Lipinski definition) is 2. The molecule has 300 valence electrons. The number of piperazine rings is 1. The van der Waals surface area contributed by atoms with Crippen molar-refractivity contribution in [1.82, 2.24) is 44.7 Å². The van der Waals surface area contributed by atoms with Crippen LogP contribution in [-0.4, -0.2) is 109 Å². The molecule has 6 heterocycles. The van der Waals surface area contributed by atoms with Crippen molar-refractivity contribution in [2.24, 2.45) is 0 Å². The zero-order valence-electron chi connectivity index (χ0n) is 32.1. The van der Waals surface area contributed by atoms with Crippen molar-refractivity contribution < 1.29 is 23.5 Å². The van der Waals surface area contributed by atoms with Gasteiger partial charge < -0.3 is 35.2 Å². The van der Waals surface area contributed by atoms with Crippen molar-refractivity contribution in [1.29, 1.82) is 0 Å². The second-order valence-corrected chi connectivity index (χ2v) is 13.8. The number of unbranched alkanes of at least 4 members (excludes halogenated alkanes) is 2. The summed E-state index contributed by atoms with van der Waals surface area (Å²) in [7, 11) is 0. The number of hydrogen-bond acceptors (Lipinski definition) is 17. The molecule has 1 aliphatic rings. The smallest absolute Gasteiger partial charge is 0.292 e. The van der Waals surface area contributed by atoms with Gasteiger partial charge in [-0.05, 0) is 37.5 Å². The molecule has 0 amide bonds. The molecule has 0 atom stereocenters. The van der Waals surface area contributed by atoms with Gasteiger partial charge in [-0.25, -0.2) is 34.6 Å². The van der Waals surface area contributed by atoms with Crippen LogP contribution in [0.5, 0.6) is 0 Å². The molecular weight excluding hydrogens is 743 g/mol. The van der Waals surface area contributed by atoms with Gasteiger partial charge in [-0.3, -0.25) is 9.59 Å². The number of Topliss-reactive ketones (excluding diaryl/α,β-unsaturated/α-hetero) is 2. The Labute approximate surface area is 334 Å². The van der Waals surface area contributed by atoms with E-state index in [1.165, 1.54) is 6.33 Å². The summed E-state index contributed by atoms with van der Waals surface area (Å²) in [6, 6.07) is 5.62. The number of carbonyl (C=O) groups is 2. The topological polar surface area (TPSA) is 232 Å². The fourth-order valence-corrected chi connectivity index (χ4v) is 6.65. The van der Waals surface area contributed by atoms with Crippen LogP contribution in [0.3, 0.4) is 0 Å². The molecule has 18 heteroatoms. The Balaban J connectivity index is 0.721. The van der Waals surface area contributed by atoms with Crippen LogP contribution >= 0.6 is 0 Å². The van der Waals surface area contributed by atoms with Gasteiger partial charge in [0.05, 0.1) is 36.3 Å². The van der Waals surface area contributed by atoms with Crippen LogP contribution in [0.1, 0.15) is 60.9 Å². The third-order valence-electron chi connectivity index (χ3n) is 9.76. The van der Waals surface area contributed by atoms with Crippen LogP contribution in [0.15, 0.2) is 53.7 Å². The minimum atomic E-state index is -0.0321. The molecule has 0 bridgehead atoms. The largest absolute Gasteiger partial charge is 0.424 e. The number of aryl methyl sites for hydroxylation is 1. The van der Waals surface area contributed by atoms with E-state index in [-0.39, 0.29) is 17.6 Å². The minimum Gasteiger partial charge on any atom is -0.424 e. The van der Waals surface area contributed by atoms with Gasteiger partial charge in [-0.15, -0.1) is 6.42 Å². The highest BCUT2D eigenvalue weighted by molar-refractivity contribution is 5.99. The first-order chi connectivity index (χ1) is 28.4. The number of nitrogens with zero attached hydrogens (tertiary/aromatic N) is 11. The lowest BCUT2D eigenvalue weighted by Crippen LogP contribution is -2.47. The molecule has 6 aromatic rings. The third-order valence-corrected chi connectivity index (χ3v) is 9.76. The van der Waals surface area contributed by atoms with E-state index >= 15 is 0 Å². The Kier molecular flexibility index (Phi) is 13.0. The molecule has 58 heavy (non-hydrogen) atoms. The molecule has 0 saturated carbocycles. The Morgan fingerprint density at radius 1 is 0.793 bits per heavy atom. The number of nitrogen functional groups attached to an aromatic ring is 2. The maximum Gasteiger partial charge on any atom is 0.292 e. The lowest BCUT2D eigenvalue weighted by molar-refractivity contribution is -0.120. The predicted molar refractivity (Wildman–Crippen MR) is 217 cm³/mol. The normalized spacial score (nSPS) is 13.0. The highest BCUT2D eigenvalue weighted by atomic mass is 16.5. The Bertz CT molecular complexity index is 2370. The fraction of sp³-hybridized carbons (Fsp3) is 0.400. The number of aromatic nitrogens is 9. The highest BCUT2D eigenvalue weighted by Gasteiger charge is 2.22. The summed E-state index contributed by atoms with van der Waals surface area (Å²) in [5.74, 6) is 4.23. The average molecular weight is 788 g/mol. The number of benzene rings is 1. The van der Waals surface area contributed by atoms with Gasteiger partial charge in [0.25, 0.3) is 6.01 Å². The number of ketones is 2. The van der Waals surface area contributed by atoms with Gasteiger partial charge in [0.2, 0.25) is 11.9 Å². The summed E-state index contributed by atoms with van der Waals surface area (Å²) in [4.78, 5) is 59.7. The van der Waals surface area contributed by atoms with Gasteiger partial charge in [0.15, 0.2) is 17.0 Å². The van der Waals surface area contributed by atoms with Crippen molar-refractivity contribution in [3.63, 3.8) is 0 Å². The molecule has 1 aromatic carbocycles. The van der Waals surface area contributed by atoms with Crippen molar-refractivity contribution in [2.45, 2.75) is 51.5 Å². The van der Waals surface area contributed by atoms with Gasteiger partial charge >= 0.3 is 0 Å². The summed E-state index contributed by atoms with van der Waals surface area (Å²) >= 11 is 0. The maximum atomic E-state index is 12.7. The molecule has 0 spiro atoms. The Morgan fingerprint density at radius 2 is 1.50 bits per heavy atom. The monoisotopic (exact) mass is 787 g/mol. The van der Waals surface area contributed by atoms with E-state index in [0.717, 1.165) is 37.9 Å². The van der Waals surface area contributed by atoms with Crippen molar-refractivity contribution >= 4 is 57.4 Å². The second kappa shape index (κ2) is 19.0. The first-order valence-electron chi connectivity index (χ1n) is 19.3. The number of terminal acetylenes is 1. The lowest BCUT2D eigenvalue weighted by atomic mass is 10.1. The summed E-state index contributed by atoms with van der Waals surface area (Å²) in [5, 5.41) is 5.49. The molecular formula is C40H45N13O5. The summed E-state index contributed by atoms with van der Waals surface area (Å²) in [6.07, 6.45) is 17.4. The first kappa shape index (κ1) is 39.6. The van der Waals surface area contributed by atoms with Crippen molar-refractivity contribution in [2.75, 3.05) is 73.9 Å². The SMILES string of the molecule is C#Cc1cnc(N2CCN(c3ncc(C(=O)CCCOCCOCCC(=O)CCCCCn4nc(-c5ccc6oc(N)nc6c5)c5c(N)ncnc54)cn3)CC2)nc1. The van der Waals surface area contributed by atoms with E-state index in [1.54, 1.807) is 30.9 Å². The number of oxazole rings is 1. The second-order valence-electron chi connectivity index (χ2n) is 13.8. The highest BCUT2D eigenvalue weighted by Crippen LogP contribution is 2.32. The van der Waals surface area contributed by atoms with Gasteiger partial charge in [-0.1, -0.05) is 12.3 Å². The molecule has 4 N–H and O–H groups in total. The fourth-order valence-electron chi connectivity index (χ4n) is 6.65. The molecule has 1 fully saturated rings.